The standard InChI is InChI=1S/C30H29Br2N3O5/c1-16(2)21-14-22(17(3)11-26(21)38-5)28-34-25-10-8-7-9-20(25)29(36)35(28)33-15-19-12-23(31)27(24(32)13-19)40-18(4)30(37)39-6/h7-16,18H,1-6H3/t18-/m1/s1. The number of para-hydroxylation sites is 1. The summed E-state index contributed by atoms with van der Waals surface area (Å²) >= 11 is 7.01. The number of hydrogen-bond donors (Lipinski definition) is 0. The van der Waals surface area contributed by atoms with E-state index >= 15 is 0 Å². The smallest absolute Gasteiger partial charge is 0.346 e. The number of esters is 1. The van der Waals surface area contributed by atoms with Crippen molar-refractivity contribution in [3.05, 3.63) is 84.5 Å². The van der Waals surface area contributed by atoms with Crippen molar-refractivity contribution in [1.29, 1.82) is 0 Å². The highest BCUT2D eigenvalue weighted by atomic mass is 79.9. The molecule has 0 saturated carbocycles. The average molecular weight is 671 g/mol. The maximum atomic E-state index is 13.7. The van der Waals surface area contributed by atoms with Gasteiger partial charge in [-0.3, -0.25) is 4.79 Å². The quantitative estimate of drug-likeness (QED) is 0.150. The normalized spacial score (nSPS) is 12.2. The summed E-state index contributed by atoms with van der Waals surface area (Å²) in [5, 5.41) is 5.06. The van der Waals surface area contributed by atoms with Crippen LogP contribution in [-0.4, -0.2) is 42.2 Å². The van der Waals surface area contributed by atoms with Crippen molar-refractivity contribution < 1.29 is 19.0 Å². The summed E-state index contributed by atoms with van der Waals surface area (Å²) in [7, 11) is 2.96. The number of fused-ring (bicyclic) bond motifs is 1. The monoisotopic (exact) mass is 669 g/mol. The minimum atomic E-state index is -0.801. The van der Waals surface area contributed by atoms with Crippen molar-refractivity contribution in [2.75, 3.05) is 14.2 Å². The number of carbonyl (C=O) groups is 1. The fourth-order valence-corrected chi connectivity index (χ4v) is 5.66. The number of rotatable bonds is 8. The summed E-state index contributed by atoms with van der Waals surface area (Å²) in [6.07, 6.45) is 0.775. The van der Waals surface area contributed by atoms with Crippen molar-refractivity contribution in [2.45, 2.75) is 39.7 Å². The SMILES string of the molecule is COC(=O)[C@@H](C)Oc1c(Br)cc(C=Nn2c(-c3cc(C(C)C)c(OC)cc3C)nc3ccccc3c2=O)cc1Br. The van der Waals surface area contributed by atoms with E-state index in [1.807, 2.05) is 31.2 Å². The van der Waals surface area contributed by atoms with Crippen LogP contribution < -0.4 is 15.0 Å². The molecule has 0 saturated heterocycles. The first-order chi connectivity index (χ1) is 19.0. The fraction of sp³-hybridized carbons (Fsp3) is 0.267. The minimum Gasteiger partial charge on any atom is -0.496 e. The number of carbonyl (C=O) groups excluding carboxylic acids is 1. The van der Waals surface area contributed by atoms with Gasteiger partial charge in [0.15, 0.2) is 11.9 Å². The number of halogens is 2. The molecule has 0 aliphatic rings. The molecular weight excluding hydrogens is 642 g/mol. The highest BCUT2D eigenvalue weighted by Gasteiger charge is 2.20. The first-order valence-corrected chi connectivity index (χ1v) is 14.1. The van der Waals surface area contributed by atoms with Crippen LogP contribution >= 0.6 is 31.9 Å². The Balaban J connectivity index is 1.86. The molecule has 0 amide bonds. The third-order valence-electron chi connectivity index (χ3n) is 6.36. The molecule has 40 heavy (non-hydrogen) atoms. The van der Waals surface area contributed by atoms with E-state index in [0.717, 1.165) is 22.4 Å². The third-order valence-corrected chi connectivity index (χ3v) is 7.54. The summed E-state index contributed by atoms with van der Waals surface area (Å²) < 4.78 is 18.6. The highest BCUT2D eigenvalue weighted by Crippen LogP contribution is 2.36. The molecule has 0 unspecified atom stereocenters. The van der Waals surface area contributed by atoms with Gasteiger partial charge in [-0.1, -0.05) is 26.0 Å². The predicted octanol–water partition coefficient (Wildman–Crippen LogP) is 6.85. The van der Waals surface area contributed by atoms with Gasteiger partial charge in [-0.25, -0.2) is 9.78 Å². The minimum absolute atomic E-state index is 0.191. The Morgan fingerprint density at radius 2 is 1.73 bits per heavy atom. The molecule has 8 nitrogen and oxygen atoms in total. The maximum absolute atomic E-state index is 13.7. The molecule has 0 spiro atoms. The number of nitrogens with zero attached hydrogens (tertiary/aromatic N) is 3. The van der Waals surface area contributed by atoms with Crippen LogP contribution in [-0.2, 0) is 9.53 Å². The zero-order chi connectivity index (χ0) is 29.1. The number of methoxy groups -OCH3 is 2. The van der Waals surface area contributed by atoms with Gasteiger partial charge in [-0.05, 0) is 105 Å². The number of hydrogen-bond acceptors (Lipinski definition) is 7. The zero-order valence-corrected chi connectivity index (χ0v) is 26.2. The van der Waals surface area contributed by atoms with Crippen LogP contribution in [0.15, 0.2) is 67.4 Å². The topological polar surface area (TPSA) is 92.0 Å². The van der Waals surface area contributed by atoms with E-state index in [-0.39, 0.29) is 11.5 Å². The molecule has 3 aromatic carbocycles. The molecule has 0 aliphatic carbocycles. The molecule has 208 valence electrons. The Morgan fingerprint density at radius 3 is 2.35 bits per heavy atom. The second-order valence-corrected chi connectivity index (χ2v) is 11.2. The molecule has 0 aliphatic heterocycles. The maximum Gasteiger partial charge on any atom is 0.346 e. The molecule has 0 fully saturated rings. The van der Waals surface area contributed by atoms with E-state index in [1.165, 1.54) is 11.8 Å². The number of aromatic nitrogens is 2. The Morgan fingerprint density at radius 1 is 1.05 bits per heavy atom. The lowest BCUT2D eigenvalue weighted by Crippen LogP contribution is -2.25. The lowest BCUT2D eigenvalue weighted by molar-refractivity contribution is -0.147. The Kier molecular flexibility index (Phi) is 9.10. The number of benzene rings is 3. The zero-order valence-electron chi connectivity index (χ0n) is 23.0. The van der Waals surface area contributed by atoms with E-state index in [4.69, 9.17) is 19.2 Å². The van der Waals surface area contributed by atoms with Gasteiger partial charge in [-0.2, -0.15) is 9.78 Å². The lowest BCUT2D eigenvalue weighted by Gasteiger charge is -2.17. The molecule has 0 bridgehead atoms. The lowest BCUT2D eigenvalue weighted by atomic mass is 9.96. The second-order valence-electron chi connectivity index (χ2n) is 9.47. The number of aryl methyl sites for hydroxylation is 1. The van der Waals surface area contributed by atoms with E-state index in [0.29, 0.717) is 37.0 Å². The molecule has 1 heterocycles. The van der Waals surface area contributed by atoms with Crippen LogP contribution in [0.25, 0.3) is 22.3 Å². The van der Waals surface area contributed by atoms with E-state index in [9.17, 15) is 9.59 Å². The van der Waals surface area contributed by atoms with E-state index in [2.05, 4.69) is 50.8 Å². The van der Waals surface area contributed by atoms with Crippen LogP contribution in [0.1, 0.15) is 43.4 Å². The summed E-state index contributed by atoms with van der Waals surface area (Å²) in [4.78, 5) is 30.4. The van der Waals surface area contributed by atoms with Gasteiger partial charge in [0.25, 0.3) is 5.56 Å². The Bertz CT molecular complexity index is 1660. The van der Waals surface area contributed by atoms with Crippen LogP contribution in [0.5, 0.6) is 11.5 Å². The molecule has 1 atom stereocenters. The van der Waals surface area contributed by atoms with Gasteiger partial charge >= 0.3 is 5.97 Å². The first kappa shape index (κ1) is 29.5. The van der Waals surface area contributed by atoms with Gasteiger partial charge < -0.3 is 14.2 Å². The average Bonchev–Trinajstić information content (AvgIpc) is 2.93. The van der Waals surface area contributed by atoms with Gasteiger partial charge in [0.05, 0.1) is 40.3 Å². The van der Waals surface area contributed by atoms with Gasteiger partial charge in [0, 0.05) is 5.56 Å². The number of ether oxygens (including phenoxy) is 3. The third kappa shape index (κ3) is 5.97. The molecule has 0 N–H and O–H groups in total. The van der Waals surface area contributed by atoms with Crippen LogP contribution in [0.3, 0.4) is 0 Å². The Labute approximate surface area is 249 Å². The molecular formula is C30H29Br2N3O5. The van der Waals surface area contributed by atoms with Crippen LogP contribution in [0.2, 0.25) is 0 Å². The Hall–Kier alpha value is -3.50. The van der Waals surface area contributed by atoms with Crippen LogP contribution in [0, 0.1) is 6.92 Å². The predicted molar refractivity (Wildman–Crippen MR) is 164 cm³/mol. The molecule has 4 aromatic rings. The van der Waals surface area contributed by atoms with Crippen molar-refractivity contribution in [1.82, 2.24) is 9.66 Å². The van der Waals surface area contributed by atoms with Gasteiger partial charge in [-0.15, -0.1) is 0 Å². The molecule has 0 radical (unpaired) electrons. The summed E-state index contributed by atoms with van der Waals surface area (Å²) in [6, 6.07) is 14.8. The van der Waals surface area contributed by atoms with Crippen LogP contribution in [0.4, 0.5) is 0 Å². The van der Waals surface area contributed by atoms with Gasteiger partial charge in [0.1, 0.15) is 11.5 Å². The summed E-state index contributed by atoms with van der Waals surface area (Å²) in [5.74, 6) is 1.35. The second kappa shape index (κ2) is 12.3. The first-order valence-electron chi connectivity index (χ1n) is 12.5. The fourth-order valence-electron chi connectivity index (χ4n) is 4.25. The van der Waals surface area contributed by atoms with Crippen molar-refractivity contribution in [3.63, 3.8) is 0 Å². The van der Waals surface area contributed by atoms with E-state index in [1.54, 1.807) is 44.5 Å². The van der Waals surface area contributed by atoms with Crippen molar-refractivity contribution in [3.8, 4) is 22.9 Å². The summed E-state index contributed by atoms with van der Waals surface area (Å²) in [5.41, 5.74) is 3.67. The molecule has 1 aromatic heterocycles. The molecule has 10 heteroatoms. The van der Waals surface area contributed by atoms with Crippen molar-refractivity contribution in [2.24, 2.45) is 5.10 Å². The summed E-state index contributed by atoms with van der Waals surface area (Å²) in [6.45, 7) is 7.74. The molecule has 4 rings (SSSR count). The largest absolute Gasteiger partial charge is 0.496 e. The van der Waals surface area contributed by atoms with E-state index < -0.39 is 12.1 Å². The van der Waals surface area contributed by atoms with Gasteiger partial charge in [0.2, 0.25) is 0 Å². The highest BCUT2D eigenvalue weighted by molar-refractivity contribution is 9.11. The van der Waals surface area contributed by atoms with Crippen molar-refractivity contribution >= 4 is 54.9 Å².